The zero-order chi connectivity index (χ0) is 15.0. The number of hydrogen-bond acceptors (Lipinski definition) is 6. The molecular formula is C14H11N3O3S. The fraction of sp³-hybridized carbons (Fsp3) is 0.0714. The van der Waals surface area contributed by atoms with Crippen molar-refractivity contribution in [1.29, 1.82) is 0 Å². The largest absolute Gasteiger partial charge is 0.464 e. The molecule has 0 unspecified atom stereocenters. The van der Waals surface area contributed by atoms with Gasteiger partial charge in [-0.2, -0.15) is 0 Å². The molecule has 3 N–H and O–H groups in total. The Kier molecular flexibility index (Phi) is 3.19. The number of rotatable bonds is 3. The second-order valence-corrected chi connectivity index (χ2v) is 5.18. The van der Waals surface area contributed by atoms with Crippen LogP contribution < -0.4 is 5.73 Å². The number of nitrogens with zero attached hydrogens (tertiary/aromatic N) is 1. The maximum absolute atomic E-state index is 12.6. The first-order valence-corrected chi connectivity index (χ1v) is 6.94. The summed E-state index contributed by atoms with van der Waals surface area (Å²) in [4.78, 5) is 30.9. The summed E-state index contributed by atoms with van der Waals surface area (Å²) in [6.45, 7) is 0. The number of aromatic nitrogens is 2. The van der Waals surface area contributed by atoms with Crippen LogP contribution in [-0.4, -0.2) is 28.8 Å². The predicted molar refractivity (Wildman–Crippen MR) is 79.6 cm³/mol. The van der Waals surface area contributed by atoms with Gasteiger partial charge in [-0.25, -0.2) is 9.78 Å². The number of hydrogen-bond donors (Lipinski definition) is 2. The summed E-state index contributed by atoms with van der Waals surface area (Å²) in [6.07, 6.45) is 0. The maximum atomic E-state index is 12.6. The minimum atomic E-state index is -0.572. The summed E-state index contributed by atoms with van der Waals surface area (Å²) in [6, 6.07) is 7.33. The Morgan fingerprint density at radius 2 is 2.10 bits per heavy atom. The van der Waals surface area contributed by atoms with Crippen LogP contribution in [0.3, 0.4) is 0 Å². The molecule has 0 amide bonds. The standard InChI is InChI=1S/C14H11N3O3S/c1-20-14(19)9-6-21-13(17-9)11(18)10-7-4-2-3-5-8(7)16-12(10)15/h2-6,16H,15H2,1H3. The number of nitrogen functional groups attached to an aromatic ring is 1. The average molecular weight is 301 g/mol. The molecule has 106 valence electrons. The van der Waals surface area contributed by atoms with E-state index in [0.717, 1.165) is 22.2 Å². The van der Waals surface area contributed by atoms with Crippen LogP contribution in [0.15, 0.2) is 29.6 Å². The predicted octanol–water partition coefficient (Wildman–Crippen LogP) is 2.22. The maximum Gasteiger partial charge on any atom is 0.357 e. The summed E-state index contributed by atoms with van der Waals surface area (Å²) in [5.41, 5.74) is 7.16. The molecule has 0 saturated carbocycles. The second-order valence-electron chi connectivity index (χ2n) is 4.32. The fourth-order valence-corrected chi connectivity index (χ4v) is 2.82. The first-order chi connectivity index (χ1) is 10.1. The number of ketones is 1. The molecule has 6 nitrogen and oxygen atoms in total. The number of anilines is 1. The quantitative estimate of drug-likeness (QED) is 0.571. The number of carbonyl (C=O) groups is 2. The molecule has 0 fully saturated rings. The molecule has 0 saturated heterocycles. The molecule has 0 spiro atoms. The number of carbonyl (C=O) groups excluding carboxylic acids is 2. The first-order valence-electron chi connectivity index (χ1n) is 6.06. The van der Waals surface area contributed by atoms with Crippen molar-refractivity contribution in [1.82, 2.24) is 9.97 Å². The molecule has 2 heterocycles. The van der Waals surface area contributed by atoms with Crippen LogP contribution in [0.2, 0.25) is 0 Å². The van der Waals surface area contributed by atoms with Gasteiger partial charge in [0.05, 0.1) is 12.7 Å². The monoisotopic (exact) mass is 301 g/mol. The van der Waals surface area contributed by atoms with Crippen molar-refractivity contribution in [2.45, 2.75) is 0 Å². The molecule has 0 aliphatic rings. The van der Waals surface area contributed by atoms with E-state index in [1.165, 1.54) is 12.5 Å². The molecule has 7 heteroatoms. The lowest BCUT2D eigenvalue weighted by molar-refractivity contribution is 0.0595. The number of nitrogens with two attached hydrogens (primary N) is 1. The molecule has 0 aliphatic carbocycles. The van der Waals surface area contributed by atoms with Crippen LogP contribution >= 0.6 is 11.3 Å². The Labute approximate surface area is 123 Å². The van der Waals surface area contributed by atoms with Gasteiger partial charge >= 0.3 is 5.97 Å². The highest BCUT2D eigenvalue weighted by Gasteiger charge is 2.22. The van der Waals surface area contributed by atoms with Crippen LogP contribution in [-0.2, 0) is 4.74 Å². The molecular weight excluding hydrogens is 290 g/mol. The Bertz CT molecular complexity index is 850. The average Bonchev–Trinajstić information content (AvgIpc) is 3.09. The van der Waals surface area contributed by atoms with Gasteiger partial charge in [0.2, 0.25) is 5.78 Å². The lowest BCUT2D eigenvalue weighted by Crippen LogP contribution is -2.06. The van der Waals surface area contributed by atoms with E-state index in [4.69, 9.17) is 5.73 Å². The van der Waals surface area contributed by atoms with Gasteiger partial charge in [0, 0.05) is 16.3 Å². The van der Waals surface area contributed by atoms with Gasteiger partial charge in [-0.15, -0.1) is 11.3 Å². The summed E-state index contributed by atoms with van der Waals surface area (Å²) in [7, 11) is 1.26. The van der Waals surface area contributed by atoms with E-state index in [0.29, 0.717) is 5.56 Å². The van der Waals surface area contributed by atoms with Gasteiger partial charge in [0.15, 0.2) is 10.7 Å². The summed E-state index contributed by atoms with van der Waals surface area (Å²) in [5, 5.41) is 2.42. The summed E-state index contributed by atoms with van der Waals surface area (Å²) < 4.78 is 4.58. The first kappa shape index (κ1) is 13.3. The normalized spacial score (nSPS) is 10.7. The third-order valence-corrected chi connectivity index (χ3v) is 3.90. The van der Waals surface area contributed by atoms with Gasteiger partial charge < -0.3 is 15.5 Å². The van der Waals surface area contributed by atoms with Crippen molar-refractivity contribution in [3.05, 3.63) is 45.9 Å². The topological polar surface area (TPSA) is 98.1 Å². The molecule has 0 radical (unpaired) electrons. The highest BCUT2D eigenvalue weighted by molar-refractivity contribution is 7.12. The molecule has 0 atom stereocenters. The van der Waals surface area contributed by atoms with Gasteiger partial charge in [0.25, 0.3) is 0 Å². The van der Waals surface area contributed by atoms with E-state index >= 15 is 0 Å². The molecule has 2 aromatic heterocycles. The number of nitrogens with one attached hydrogen (secondary N) is 1. The van der Waals surface area contributed by atoms with E-state index < -0.39 is 5.97 Å². The van der Waals surface area contributed by atoms with Crippen molar-refractivity contribution < 1.29 is 14.3 Å². The smallest absolute Gasteiger partial charge is 0.357 e. The van der Waals surface area contributed by atoms with Crippen molar-refractivity contribution in [3.8, 4) is 0 Å². The highest BCUT2D eigenvalue weighted by atomic mass is 32.1. The molecule has 0 aliphatic heterocycles. The number of H-pyrrole nitrogens is 1. The van der Waals surface area contributed by atoms with E-state index in [1.807, 2.05) is 24.3 Å². The molecule has 3 aromatic rings. The number of esters is 1. The van der Waals surface area contributed by atoms with Crippen LogP contribution in [0.25, 0.3) is 10.9 Å². The zero-order valence-corrected chi connectivity index (χ0v) is 11.9. The summed E-state index contributed by atoms with van der Waals surface area (Å²) >= 11 is 1.09. The Balaban J connectivity index is 2.06. The Morgan fingerprint density at radius 1 is 1.33 bits per heavy atom. The number of benzene rings is 1. The van der Waals surface area contributed by atoms with Crippen molar-refractivity contribution in [3.63, 3.8) is 0 Å². The number of ether oxygens (including phenoxy) is 1. The Morgan fingerprint density at radius 3 is 2.86 bits per heavy atom. The van der Waals surface area contributed by atoms with Crippen molar-refractivity contribution >= 4 is 39.8 Å². The molecule has 3 rings (SSSR count). The van der Waals surface area contributed by atoms with E-state index in [2.05, 4.69) is 14.7 Å². The number of fused-ring (bicyclic) bond motifs is 1. The number of methoxy groups -OCH3 is 1. The van der Waals surface area contributed by atoms with E-state index in [1.54, 1.807) is 0 Å². The second kappa shape index (κ2) is 5.02. The number of thiazole rings is 1. The fourth-order valence-electron chi connectivity index (χ4n) is 2.09. The Hall–Kier alpha value is -2.67. The molecule has 1 aromatic carbocycles. The molecule has 21 heavy (non-hydrogen) atoms. The van der Waals surface area contributed by atoms with Gasteiger partial charge in [-0.05, 0) is 6.07 Å². The summed E-state index contributed by atoms with van der Waals surface area (Å²) in [5.74, 6) is -0.599. The minimum Gasteiger partial charge on any atom is -0.464 e. The van der Waals surface area contributed by atoms with Gasteiger partial charge in [-0.3, -0.25) is 4.79 Å². The number of para-hydroxylation sites is 1. The molecule has 0 bridgehead atoms. The van der Waals surface area contributed by atoms with Gasteiger partial charge in [-0.1, -0.05) is 18.2 Å². The van der Waals surface area contributed by atoms with E-state index in [-0.39, 0.29) is 22.3 Å². The zero-order valence-electron chi connectivity index (χ0n) is 11.0. The van der Waals surface area contributed by atoms with E-state index in [9.17, 15) is 9.59 Å². The van der Waals surface area contributed by atoms with Crippen LogP contribution in [0, 0.1) is 0 Å². The van der Waals surface area contributed by atoms with Crippen molar-refractivity contribution in [2.75, 3.05) is 12.8 Å². The minimum absolute atomic E-state index is 0.115. The lowest BCUT2D eigenvalue weighted by Gasteiger charge is -1.97. The van der Waals surface area contributed by atoms with Crippen LogP contribution in [0.5, 0.6) is 0 Å². The van der Waals surface area contributed by atoms with Crippen molar-refractivity contribution in [2.24, 2.45) is 0 Å². The third kappa shape index (κ3) is 2.17. The number of aromatic amines is 1. The SMILES string of the molecule is COC(=O)c1csc(C(=O)c2c(N)[nH]c3ccccc23)n1. The van der Waals surface area contributed by atoms with Gasteiger partial charge in [0.1, 0.15) is 5.82 Å². The third-order valence-electron chi connectivity index (χ3n) is 3.06. The lowest BCUT2D eigenvalue weighted by atomic mass is 10.1. The van der Waals surface area contributed by atoms with Crippen LogP contribution in [0.4, 0.5) is 5.82 Å². The highest BCUT2D eigenvalue weighted by Crippen LogP contribution is 2.27. The van der Waals surface area contributed by atoms with Crippen LogP contribution in [0.1, 0.15) is 25.9 Å².